The first-order valence-electron chi connectivity index (χ1n) is 40.4. The van der Waals surface area contributed by atoms with Gasteiger partial charge in [0, 0.05) is 68.2 Å². The number of fused-ring (bicyclic) bond motifs is 6. The first-order valence-corrected chi connectivity index (χ1v) is 40.4. The van der Waals surface area contributed by atoms with Crippen molar-refractivity contribution in [1.82, 2.24) is 0 Å². The quantitative estimate of drug-likeness (QED) is 0.0901. The summed E-state index contributed by atoms with van der Waals surface area (Å²) >= 11 is 0. The van der Waals surface area contributed by atoms with Crippen LogP contribution in [0, 0.1) is 0 Å². The van der Waals surface area contributed by atoms with E-state index in [1.807, 2.05) is 0 Å². The van der Waals surface area contributed by atoms with Crippen molar-refractivity contribution in [2.24, 2.45) is 0 Å². The fraction of sp³-hybridized carbons (Fsp3) is 0. The maximum atomic E-state index is 2.36. The van der Waals surface area contributed by atoms with Crippen LogP contribution < -0.4 is 19.6 Å². The van der Waals surface area contributed by atoms with Crippen LogP contribution in [0.5, 0.6) is 0 Å². The molecule has 0 saturated carbocycles. The Hall–Kier alpha value is -15.6. The molecule has 21 aromatic carbocycles. The smallest absolute Gasteiger partial charge is 0.0468 e. The minimum absolute atomic E-state index is 1.10. The van der Waals surface area contributed by atoms with Gasteiger partial charge in [0.1, 0.15) is 0 Å². The van der Waals surface area contributed by atoms with Crippen LogP contribution in [0.4, 0.5) is 68.2 Å². The van der Waals surface area contributed by atoms with Crippen LogP contribution in [-0.4, -0.2) is 0 Å². The van der Waals surface area contributed by atoms with Crippen molar-refractivity contribution in [2.45, 2.75) is 0 Å². The van der Waals surface area contributed by atoms with Gasteiger partial charge in [-0.3, -0.25) is 0 Å². The molecule has 556 valence electrons. The Morgan fingerprint density at radius 2 is 0.280 bits per heavy atom. The van der Waals surface area contributed by atoms with Crippen molar-refractivity contribution in [1.29, 1.82) is 0 Å². The monoisotopic (exact) mass is 1500 g/mol. The molecule has 0 aliphatic carbocycles. The normalized spacial score (nSPS) is 11.2. The van der Waals surface area contributed by atoms with Gasteiger partial charge in [-0.05, 0) is 266 Å². The standard InChI is InChI=1S/C58H40N2.C56H40N2/c1-5-13-49-37-55(33-25-41(49)9-1)59(56-34-26-42-10-2-6-14-50(42)38-56)53-29-21-47(22-30-53)45-17-19-46(20-18-45)48-23-31-54(32-24-48)60(57-35-27-43-11-3-7-15-51(43)39-57)58-36-28-44-12-4-8-16-52(44)40-58;1-3-17-47(18-4-1)57(51-37-29-45(30-38-51)55-23-11-15-43-13-7-9-21-53(43)55)49-33-25-41(26-34-49)42-27-35-50(36-28-42)58(48-19-5-2-6-20-48)52-39-31-46(32-40-52)56-24-12-16-44-14-8-10-22-54(44)56/h1-40H;1-40H. The third-order valence-corrected chi connectivity index (χ3v) is 22.8. The Morgan fingerprint density at radius 3 is 0.542 bits per heavy atom. The maximum absolute atomic E-state index is 2.36. The number of benzene rings is 21. The van der Waals surface area contributed by atoms with E-state index in [1.54, 1.807) is 0 Å². The van der Waals surface area contributed by atoms with Gasteiger partial charge in [-0.15, -0.1) is 0 Å². The van der Waals surface area contributed by atoms with Crippen molar-refractivity contribution in [2.75, 3.05) is 19.6 Å². The fourth-order valence-electron chi connectivity index (χ4n) is 16.8. The molecule has 0 N–H and O–H groups in total. The molecule has 0 fully saturated rings. The van der Waals surface area contributed by atoms with E-state index in [2.05, 4.69) is 505 Å². The first kappa shape index (κ1) is 71.4. The lowest BCUT2D eigenvalue weighted by Gasteiger charge is -2.26. The van der Waals surface area contributed by atoms with Crippen LogP contribution in [0.1, 0.15) is 0 Å². The molecule has 0 aromatic heterocycles. The van der Waals surface area contributed by atoms with E-state index >= 15 is 0 Å². The molecular formula is C114H80N4. The molecule has 0 amide bonds. The summed E-state index contributed by atoms with van der Waals surface area (Å²) in [7, 11) is 0. The lowest BCUT2D eigenvalue weighted by atomic mass is 9.98. The van der Waals surface area contributed by atoms with E-state index in [1.165, 1.54) is 120 Å². The second kappa shape index (κ2) is 32.1. The molecule has 0 heterocycles. The van der Waals surface area contributed by atoms with Crippen LogP contribution in [0.25, 0.3) is 120 Å². The van der Waals surface area contributed by atoms with Gasteiger partial charge < -0.3 is 19.6 Å². The highest BCUT2D eigenvalue weighted by molar-refractivity contribution is 6.00. The zero-order chi connectivity index (χ0) is 78.5. The summed E-state index contributed by atoms with van der Waals surface area (Å²) in [5, 5.41) is 14.9. The molecular weight excluding hydrogens is 1430 g/mol. The number of hydrogen-bond donors (Lipinski definition) is 0. The Kier molecular flexibility index (Phi) is 19.4. The molecule has 0 bridgehead atoms. The Labute approximate surface area is 688 Å². The second-order valence-electron chi connectivity index (χ2n) is 30.1. The van der Waals surface area contributed by atoms with E-state index < -0.39 is 0 Å². The van der Waals surface area contributed by atoms with Crippen molar-refractivity contribution < 1.29 is 0 Å². The summed E-state index contributed by atoms with van der Waals surface area (Å²) < 4.78 is 0. The van der Waals surface area contributed by atoms with Crippen molar-refractivity contribution in [3.8, 4) is 55.6 Å². The van der Waals surface area contributed by atoms with Gasteiger partial charge >= 0.3 is 0 Å². The Bertz CT molecular complexity index is 6530. The number of anilines is 12. The summed E-state index contributed by atoms with van der Waals surface area (Å²) in [5.41, 5.74) is 25.4. The third-order valence-electron chi connectivity index (χ3n) is 22.8. The van der Waals surface area contributed by atoms with Gasteiger partial charge in [-0.25, -0.2) is 0 Å². The second-order valence-corrected chi connectivity index (χ2v) is 30.1. The number of hydrogen-bond acceptors (Lipinski definition) is 4. The van der Waals surface area contributed by atoms with Gasteiger partial charge in [0.15, 0.2) is 0 Å². The minimum Gasteiger partial charge on any atom is -0.311 e. The van der Waals surface area contributed by atoms with Crippen molar-refractivity contribution in [3.63, 3.8) is 0 Å². The van der Waals surface area contributed by atoms with Crippen LogP contribution in [0.3, 0.4) is 0 Å². The molecule has 21 aromatic rings. The molecule has 0 unspecified atom stereocenters. The SMILES string of the molecule is c1ccc(N(c2ccc(-c3ccc(N(c4ccccc4)c4ccc(-c5cccc6ccccc56)cc4)cc3)cc2)c2ccc(-c3cccc4ccccc34)cc2)cc1.c1ccc2cc(N(c3ccc(-c4ccc(-c5ccc(N(c6ccc7ccccc7c6)c6ccc7ccccc7c6)cc5)cc4)cc3)c3ccc4ccccc4c3)ccc2c1. The average molecular weight is 1510 g/mol. The van der Waals surface area contributed by atoms with Crippen LogP contribution >= 0.6 is 0 Å². The lowest BCUT2D eigenvalue weighted by molar-refractivity contribution is 1.28. The highest BCUT2D eigenvalue weighted by Gasteiger charge is 2.20. The Morgan fingerprint density at radius 1 is 0.102 bits per heavy atom. The van der Waals surface area contributed by atoms with Crippen LogP contribution in [0.2, 0.25) is 0 Å². The topological polar surface area (TPSA) is 13.0 Å². The number of rotatable bonds is 17. The molecule has 21 rings (SSSR count). The third kappa shape index (κ3) is 14.6. The zero-order valence-electron chi connectivity index (χ0n) is 65.0. The van der Waals surface area contributed by atoms with Gasteiger partial charge in [0.2, 0.25) is 0 Å². The summed E-state index contributed by atoms with van der Waals surface area (Å²) in [4.78, 5) is 9.36. The molecule has 0 radical (unpaired) electrons. The summed E-state index contributed by atoms with van der Waals surface area (Å²) in [6, 6.07) is 175. The molecule has 4 heteroatoms. The molecule has 118 heavy (non-hydrogen) atoms. The predicted octanol–water partition coefficient (Wildman–Crippen LogP) is 32.5. The molecule has 4 nitrogen and oxygen atoms in total. The molecule has 0 atom stereocenters. The van der Waals surface area contributed by atoms with Gasteiger partial charge in [0.05, 0.1) is 0 Å². The van der Waals surface area contributed by atoms with E-state index in [-0.39, 0.29) is 0 Å². The van der Waals surface area contributed by atoms with Gasteiger partial charge in [0.25, 0.3) is 0 Å². The number of para-hydroxylation sites is 2. The predicted molar refractivity (Wildman–Crippen MR) is 504 cm³/mol. The van der Waals surface area contributed by atoms with E-state index in [9.17, 15) is 0 Å². The largest absolute Gasteiger partial charge is 0.311 e. The molecule has 0 saturated heterocycles. The summed E-state index contributed by atoms with van der Waals surface area (Å²) in [6.45, 7) is 0. The van der Waals surface area contributed by atoms with Crippen LogP contribution in [-0.2, 0) is 0 Å². The molecule has 0 aliphatic rings. The highest BCUT2D eigenvalue weighted by atomic mass is 15.2. The fourth-order valence-corrected chi connectivity index (χ4v) is 16.8. The Balaban J connectivity index is 0.000000152. The van der Waals surface area contributed by atoms with E-state index in [0.29, 0.717) is 0 Å². The first-order chi connectivity index (χ1) is 58.5. The van der Waals surface area contributed by atoms with Crippen molar-refractivity contribution >= 4 is 133 Å². The molecule has 0 spiro atoms. The lowest BCUT2D eigenvalue weighted by Crippen LogP contribution is -2.10. The number of nitrogens with zero attached hydrogens (tertiary/aromatic N) is 4. The maximum Gasteiger partial charge on any atom is 0.0468 e. The van der Waals surface area contributed by atoms with Gasteiger partial charge in [-0.2, -0.15) is 0 Å². The summed E-state index contributed by atoms with van der Waals surface area (Å²) in [6.07, 6.45) is 0. The molecule has 0 aliphatic heterocycles. The van der Waals surface area contributed by atoms with E-state index in [0.717, 1.165) is 68.2 Å². The zero-order valence-corrected chi connectivity index (χ0v) is 65.0. The summed E-state index contributed by atoms with van der Waals surface area (Å²) in [5.74, 6) is 0. The van der Waals surface area contributed by atoms with Crippen LogP contribution in [0.15, 0.2) is 485 Å². The average Bonchev–Trinajstić information content (AvgIpc) is 0.806. The van der Waals surface area contributed by atoms with Gasteiger partial charge in [-0.1, -0.05) is 340 Å². The minimum atomic E-state index is 1.10. The highest BCUT2D eigenvalue weighted by Crippen LogP contribution is 2.45. The van der Waals surface area contributed by atoms with E-state index in [4.69, 9.17) is 0 Å². The van der Waals surface area contributed by atoms with Crippen molar-refractivity contribution in [3.05, 3.63) is 485 Å².